The number of carbonyl (C=O) groups is 1. The normalized spacial score (nSPS) is 15.9. The van der Waals surface area contributed by atoms with Gasteiger partial charge in [0.25, 0.3) is 0 Å². The first-order valence-electron chi connectivity index (χ1n) is 9.01. The van der Waals surface area contributed by atoms with Gasteiger partial charge in [-0.05, 0) is 49.2 Å². The number of anilines is 1. The number of likely N-dealkylation sites (N-methyl/N-ethyl adjacent to an activating group) is 1. The topological polar surface area (TPSA) is 49.6 Å². The van der Waals surface area contributed by atoms with E-state index < -0.39 is 0 Å². The van der Waals surface area contributed by atoms with Crippen LogP contribution in [0, 0.1) is 0 Å². The molecule has 1 atom stereocenters. The molecule has 1 fully saturated rings. The minimum Gasteiger partial charge on any atom is -0.399 e. The van der Waals surface area contributed by atoms with Crippen LogP contribution < -0.4 is 5.73 Å². The first-order chi connectivity index (χ1) is 12.1. The molecule has 2 aromatic rings. The third-order valence-electron chi connectivity index (χ3n) is 4.98. The molecule has 0 saturated carbocycles. The minimum absolute atomic E-state index is 0.0258. The highest BCUT2D eigenvalue weighted by atomic mass is 16.2. The van der Waals surface area contributed by atoms with Gasteiger partial charge in [-0.2, -0.15) is 0 Å². The van der Waals surface area contributed by atoms with Gasteiger partial charge in [-0.3, -0.25) is 4.79 Å². The van der Waals surface area contributed by atoms with Gasteiger partial charge >= 0.3 is 0 Å². The number of carbonyl (C=O) groups excluding carboxylic acids is 1. The molecule has 0 spiro atoms. The molecule has 1 aliphatic rings. The van der Waals surface area contributed by atoms with E-state index in [1.54, 1.807) is 0 Å². The SMILES string of the molecule is CN(C(=O)Cc1ccccc1)[C@H](CN1CCCC1)c1cccc(N)c1. The summed E-state index contributed by atoms with van der Waals surface area (Å²) in [5.74, 6) is 0.137. The molecule has 1 saturated heterocycles. The van der Waals surface area contributed by atoms with Crippen molar-refractivity contribution in [3.05, 3.63) is 65.7 Å². The van der Waals surface area contributed by atoms with Gasteiger partial charge in [0.15, 0.2) is 0 Å². The Labute approximate surface area is 150 Å². The predicted molar refractivity (Wildman–Crippen MR) is 102 cm³/mol. The Morgan fingerprint density at radius 2 is 1.84 bits per heavy atom. The fourth-order valence-corrected chi connectivity index (χ4v) is 3.50. The second-order valence-corrected chi connectivity index (χ2v) is 6.86. The van der Waals surface area contributed by atoms with Crippen molar-refractivity contribution in [2.75, 3.05) is 32.4 Å². The van der Waals surface area contributed by atoms with E-state index in [9.17, 15) is 4.79 Å². The van der Waals surface area contributed by atoms with E-state index in [0.29, 0.717) is 6.42 Å². The van der Waals surface area contributed by atoms with Gasteiger partial charge in [-0.1, -0.05) is 42.5 Å². The molecular weight excluding hydrogens is 310 g/mol. The van der Waals surface area contributed by atoms with Gasteiger partial charge in [-0.15, -0.1) is 0 Å². The van der Waals surface area contributed by atoms with Crippen molar-refractivity contribution in [2.45, 2.75) is 25.3 Å². The zero-order chi connectivity index (χ0) is 17.6. The lowest BCUT2D eigenvalue weighted by Gasteiger charge is -2.32. The van der Waals surface area contributed by atoms with Crippen LogP contribution in [0.15, 0.2) is 54.6 Å². The number of nitrogen functional groups attached to an aromatic ring is 1. The second-order valence-electron chi connectivity index (χ2n) is 6.86. The number of benzene rings is 2. The molecular formula is C21H27N3O. The van der Waals surface area contributed by atoms with Crippen LogP contribution in [0.25, 0.3) is 0 Å². The van der Waals surface area contributed by atoms with Crippen molar-refractivity contribution < 1.29 is 4.79 Å². The zero-order valence-corrected chi connectivity index (χ0v) is 14.9. The van der Waals surface area contributed by atoms with Crippen molar-refractivity contribution >= 4 is 11.6 Å². The highest BCUT2D eigenvalue weighted by Gasteiger charge is 2.25. The van der Waals surface area contributed by atoms with E-state index in [1.165, 1.54) is 12.8 Å². The van der Waals surface area contributed by atoms with Gasteiger partial charge in [0.1, 0.15) is 0 Å². The molecule has 4 heteroatoms. The fourth-order valence-electron chi connectivity index (χ4n) is 3.50. The maximum Gasteiger partial charge on any atom is 0.227 e. The molecule has 0 radical (unpaired) electrons. The van der Waals surface area contributed by atoms with Crippen LogP contribution in [0.3, 0.4) is 0 Å². The van der Waals surface area contributed by atoms with E-state index in [0.717, 1.165) is 36.4 Å². The average molecular weight is 337 g/mol. The number of hydrogen-bond donors (Lipinski definition) is 1. The van der Waals surface area contributed by atoms with Crippen LogP contribution in [-0.4, -0.2) is 42.4 Å². The second kappa shape index (κ2) is 8.17. The predicted octanol–water partition coefficient (Wildman–Crippen LogP) is 3.11. The quantitative estimate of drug-likeness (QED) is 0.824. The molecule has 0 aromatic heterocycles. The van der Waals surface area contributed by atoms with E-state index in [1.807, 2.05) is 60.5 Å². The summed E-state index contributed by atoms with van der Waals surface area (Å²) in [6.45, 7) is 3.08. The van der Waals surface area contributed by atoms with Gasteiger partial charge in [-0.25, -0.2) is 0 Å². The lowest BCUT2D eigenvalue weighted by molar-refractivity contribution is -0.131. The van der Waals surface area contributed by atoms with Crippen LogP contribution in [0.1, 0.15) is 30.0 Å². The Morgan fingerprint density at radius 3 is 2.52 bits per heavy atom. The Morgan fingerprint density at radius 1 is 1.12 bits per heavy atom. The number of nitrogens with two attached hydrogens (primary N) is 1. The number of amides is 1. The fraction of sp³-hybridized carbons (Fsp3) is 0.381. The standard InChI is InChI=1S/C21H27N3O/c1-23(21(25)14-17-8-3-2-4-9-17)20(16-24-12-5-6-13-24)18-10-7-11-19(22)15-18/h2-4,7-11,15,20H,5-6,12-14,16,22H2,1H3/t20-/m1/s1. The highest BCUT2D eigenvalue weighted by Crippen LogP contribution is 2.25. The van der Waals surface area contributed by atoms with Crippen LogP contribution in [0.4, 0.5) is 5.69 Å². The van der Waals surface area contributed by atoms with E-state index >= 15 is 0 Å². The number of nitrogens with zero attached hydrogens (tertiary/aromatic N) is 2. The average Bonchev–Trinajstić information content (AvgIpc) is 3.13. The minimum atomic E-state index is 0.0258. The van der Waals surface area contributed by atoms with Gasteiger partial charge < -0.3 is 15.5 Å². The van der Waals surface area contributed by atoms with Crippen LogP contribution in [-0.2, 0) is 11.2 Å². The van der Waals surface area contributed by atoms with Crippen LogP contribution in [0.2, 0.25) is 0 Å². The van der Waals surface area contributed by atoms with Gasteiger partial charge in [0.2, 0.25) is 5.91 Å². The number of hydrogen-bond acceptors (Lipinski definition) is 3. The van der Waals surface area contributed by atoms with Crippen molar-refractivity contribution in [3.63, 3.8) is 0 Å². The lowest BCUT2D eigenvalue weighted by atomic mass is 10.0. The summed E-state index contributed by atoms with van der Waals surface area (Å²) in [7, 11) is 1.91. The number of likely N-dealkylation sites (tertiary alicyclic amines) is 1. The molecule has 0 bridgehead atoms. The molecule has 0 aliphatic carbocycles. The van der Waals surface area contributed by atoms with Crippen LogP contribution >= 0.6 is 0 Å². The lowest BCUT2D eigenvalue weighted by Crippen LogP contribution is -2.39. The number of rotatable bonds is 6. The molecule has 25 heavy (non-hydrogen) atoms. The van der Waals surface area contributed by atoms with Crippen molar-refractivity contribution in [3.8, 4) is 0 Å². The van der Waals surface area contributed by atoms with Crippen molar-refractivity contribution in [1.29, 1.82) is 0 Å². The Kier molecular flexibility index (Phi) is 5.71. The summed E-state index contributed by atoms with van der Waals surface area (Å²) in [4.78, 5) is 17.2. The third kappa shape index (κ3) is 4.60. The molecule has 1 heterocycles. The first kappa shape index (κ1) is 17.5. The maximum absolute atomic E-state index is 12.9. The summed E-state index contributed by atoms with van der Waals surface area (Å²) in [6.07, 6.45) is 2.91. The van der Waals surface area contributed by atoms with Gasteiger partial charge in [0.05, 0.1) is 12.5 Å². The summed E-state index contributed by atoms with van der Waals surface area (Å²) in [6, 6.07) is 17.9. The zero-order valence-electron chi connectivity index (χ0n) is 14.9. The van der Waals surface area contributed by atoms with Crippen molar-refractivity contribution in [2.24, 2.45) is 0 Å². The molecule has 1 aliphatic heterocycles. The Bertz CT molecular complexity index is 695. The molecule has 3 rings (SSSR count). The molecule has 2 N–H and O–H groups in total. The summed E-state index contributed by atoms with van der Waals surface area (Å²) in [5, 5.41) is 0. The monoisotopic (exact) mass is 337 g/mol. The van der Waals surface area contributed by atoms with Gasteiger partial charge in [0, 0.05) is 19.3 Å². The van der Waals surface area contributed by atoms with E-state index in [-0.39, 0.29) is 11.9 Å². The smallest absolute Gasteiger partial charge is 0.227 e. The summed E-state index contributed by atoms with van der Waals surface area (Å²) in [5.41, 5.74) is 8.89. The third-order valence-corrected chi connectivity index (χ3v) is 4.98. The summed E-state index contributed by atoms with van der Waals surface area (Å²) >= 11 is 0. The van der Waals surface area contributed by atoms with Crippen molar-refractivity contribution in [1.82, 2.24) is 9.80 Å². The molecule has 0 unspecified atom stereocenters. The molecule has 132 valence electrons. The Balaban J connectivity index is 1.78. The first-order valence-corrected chi connectivity index (χ1v) is 9.01. The molecule has 2 aromatic carbocycles. The molecule has 1 amide bonds. The largest absolute Gasteiger partial charge is 0.399 e. The Hall–Kier alpha value is -2.33. The van der Waals surface area contributed by atoms with E-state index in [4.69, 9.17) is 5.73 Å². The van der Waals surface area contributed by atoms with E-state index in [2.05, 4.69) is 11.0 Å². The highest BCUT2D eigenvalue weighted by molar-refractivity contribution is 5.79. The molecule has 4 nitrogen and oxygen atoms in total. The van der Waals surface area contributed by atoms with Crippen LogP contribution in [0.5, 0.6) is 0 Å². The maximum atomic E-state index is 12.9. The summed E-state index contributed by atoms with van der Waals surface area (Å²) < 4.78 is 0.